The van der Waals surface area contributed by atoms with E-state index < -0.39 is 5.56 Å². The monoisotopic (exact) mass is 212 g/mol. The fourth-order valence-electron chi connectivity index (χ4n) is 0.815. The molecule has 0 amide bonds. The number of nitrogens with one attached hydrogen (secondary N) is 2. The number of halogens is 1. The van der Waals surface area contributed by atoms with Crippen LogP contribution in [-0.4, -0.2) is 16.7 Å². The predicted molar refractivity (Wildman–Crippen MR) is 53.1 cm³/mol. The maximum Gasteiger partial charge on any atom is 0.285 e. The first-order valence-electron chi connectivity index (χ1n) is 4.02. The summed E-state index contributed by atoms with van der Waals surface area (Å²) in [5.41, 5.74) is -0.00112. The lowest BCUT2D eigenvalue weighted by Crippen LogP contribution is -2.15. The van der Waals surface area contributed by atoms with Crippen molar-refractivity contribution in [3.8, 4) is 6.07 Å². The second-order valence-corrected chi connectivity index (χ2v) is 3.22. The van der Waals surface area contributed by atoms with Crippen molar-refractivity contribution in [1.82, 2.24) is 10.2 Å². The minimum absolute atomic E-state index is 0.0603. The van der Waals surface area contributed by atoms with Gasteiger partial charge in [0, 0.05) is 6.54 Å². The molecule has 0 fully saturated rings. The summed E-state index contributed by atoms with van der Waals surface area (Å²) in [5, 5.41) is 17.2. The molecule has 1 aromatic heterocycles. The molecule has 0 aliphatic rings. The van der Waals surface area contributed by atoms with Gasteiger partial charge < -0.3 is 5.32 Å². The maximum atomic E-state index is 11.0. The third-order valence-corrected chi connectivity index (χ3v) is 1.99. The third-order valence-electron chi connectivity index (χ3n) is 1.61. The highest BCUT2D eigenvalue weighted by Gasteiger charge is 2.05. The van der Waals surface area contributed by atoms with Crippen LogP contribution < -0.4 is 10.9 Å². The number of nitriles is 1. The molecule has 0 aliphatic carbocycles. The van der Waals surface area contributed by atoms with Gasteiger partial charge in [0.15, 0.2) is 0 Å². The van der Waals surface area contributed by atoms with E-state index >= 15 is 0 Å². The van der Waals surface area contributed by atoms with Gasteiger partial charge in [-0.1, -0.05) is 11.6 Å². The molecule has 1 unspecified atom stereocenters. The van der Waals surface area contributed by atoms with Gasteiger partial charge in [-0.25, -0.2) is 5.10 Å². The number of H-pyrrole nitrogens is 1. The van der Waals surface area contributed by atoms with Crippen LogP contribution >= 0.6 is 11.6 Å². The molecule has 1 rings (SSSR count). The average Bonchev–Trinajstić information content (AvgIpc) is 2.20. The number of hydrogen-bond donors (Lipinski definition) is 2. The molecule has 0 saturated carbocycles. The number of aromatic nitrogens is 2. The zero-order valence-corrected chi connectivity index (χ0v) is 8.30. The van der Waals surface area contributed by atoms with Crippen molar-refractivity contribution in [2.24, 2.45) is 5.92 Å². The van der Waals surface area contributed by atoms with Crippen LogP contribution in [0.15, 0.2) is 11.0 Å². The van der Waals surface area contributed by atoms with E-state index in [2.05, 4.69) is 21.6 Å². The fraction of sp³-hybridized carbons (Fsp3) is 0.375. The van der Waals surface area contributed by atoms with Crippen LogP contribution in [0.25, 0.3) is 0 Å². The summed E-state index contributed by atoms with van der Waals surface area (Å²) in [7, 11) is 0. The second kappa shape index (κ2) is 4.63. The van der Waals surface area contributed by atoms with E-state index in [1.54, 1.807) is 6.92 Å². The molecule has 14 heavy (non-hydrogen) atoms. The van der Waals surface area contributed by atoms with Crippen LogP contribution in [0.5, 0.6) is 0 Å². The van der Waals surface area contributed by atoms with E-state index in [0.29, 0.717) is 12.2 Å². The standard InChI is InChI=1S/C8H9ClN4O/c1-5(2-10)3-11-6-4-12-13-8(14)7(6)9/h4-5H,3H2,1H3,(H2,11,13,14). The molecule has 1 aromatic rings. The van der Waals surface area contributed by atoms with Gasteiger partial charge in [-0.15, -0.1) is 0 Å². The predicted octanol–water partition coefficient (Wildman–Crippen LogP) is 0.995. The smallest absolute Gasteiger partial charge is 0.285 e. The molecule has 0 saturated heterocycles. The van der Waals surface area contributed by atoms with Crippen molar-refractivity contribution in [2.45, 2.75) is 6.92 Å². The molecule has 0 spiro atoms. The van der Waals surface area contributed by atoms with Gasteiger partial charge in [-0.05, 0) is 6.92 Å². The van der Waals surface area contributed by atoms with E-state index in [-0.39, 0.29) is 10.9 Å². The first-order chi connectivity index (χ1) is 6.65. The minimum atomic E-state index is -0.443. The molecule has 0 aliphatic heterocycles. The third kappa shape index (κ3) is 2.47. The molecule has 2 N–H and O–H groups in total. The Morgan fingerprint density at radius 2 is 2.57 bits per heavy atom. The Labute approximate surface area is 85.7 Å². The molecule has 74 valence electrons. The summed E-state index contributed by atoms with van der Waals surface area (Å²) in [5.74, 6) is -0.148. The first-order valence-corrected chi connectivity index (χ1v) is 4.39. The molecule has 0 radical (unpaired) electrons. The van der Waals surface area contributed by atoms with E-state index in [1.165, 1.54) is 6.20 Å². The number of aromatic amines is 1. The normalized spacial score (nSPS) is 11.8. The molecule has 0 bridgehead atoms. The van der Waals surface area contributed by atoms with Gasteiger partial charge >= 0.3 is 0 Å². The van der Waals surface area contributed by atoms with Gasteiger partial charge in [0.2, 0.25) is 0 Å². The number of anilines is 1. The quantitative estimate of drug-likeness (QED) is 0.783. The summed E-state index contributed by atoms with van der Waals surface area (Å²) < 4.78 is 0. The Morgan fingerprint density at radius 1 is 1.86 bits per heavy atom. The summed E-state index contributed by atoms with van der Waals surface area (Å²) in [4.78, 5) is 11.0. The molecule has 1 heterocycles. The van der Waals surface area contributed by atoms with Crippen molar-refractivity contribution in [1.29, 1.82) is 5.26 Å². The number of rotatable bonds is 3. The average molecular weight is 213 g/mol. The number of hydrogen-bond acceptors (Lipinski definition) is 4. The topological polar surface area (TPSA) is 81.6 Å². The second-order valence-electron chi connectivity index (χ2n) is 2.84. The van der Waals surface area contributed by atoms with Gasteiger partial charge in [0.1, 0.15) is 5.02 Å². The minimum Gasteiger partial charge on any atom is -0.381 e. The van der Waals surface area contributed by atoms with Gasteiger partial charge in [-0.2, -0.15) is 10.4 Å². The molecular weight excluding hydrogens is 204 g/mol. The molecular formula is C8H9ClN4O. The van der Waals surface area contributed by atoms with E-state index in [1.807, 2.05) is 0 Å². The first kappa shape index (κ1) is 10.5. The lowest BCUT2D eigenvalue weighted by molar-refractivity contribution is 0.784. The van der Waals surface area contributed by atoms with Gasteiger partial charge in [0.25, 0.3) is 5.56 Å². The highest BCUT2D eigenvalue weighted by Crippen LogP contribution is 2.14. The zero-order chi connectivity index (χ0) is 10.6. The van der Waals surface area contributed by atoms with Gasteiger partial charge in [0.05, 0.1) is 23.9 Å². The van der Waals surface area contributed by atoms with Crippen molar-refractivity contribution in [3.63, 3.8) is 0 Å². The van der Waals surface area contributed by atoms with Crippen molar-refractivity contribution >= 4 is 17.3 Å². The van der Waals surface area contributed by atoms with E-state index in [0.717, 1.165) is 0 Å². The van der Waals surface area contributed by atoms with Crippen LogP contribution in [0.3, 0.4) is 0 Å². The van der Waals surface area contributed by atoms with Crippen LogP contribution in [0, 0.1) is 17.2 Å². The van der Waals surface area contributed by atoms with E-state index in [9.17, 15) is 4.79 Å². The van der Waals surface area contributed by atoms with Crippen LogP contribution in [0.4, 0.5) is 5.69 Å². The highest BCUT2D eigenvalue weighted by molar-refractivity contribution is 6.32. The maximum absolute atomic E-state index is 11.0. The Bertz CT molecular complexity index is 409. The van der Waals surface area contributed by atoms with Crippen molar-refractivity contribution < 1.29 is 0 Å². The van der Waals surface area contributed by atoms with Crippen molar-refractivity contribution in [2.75, 3.05) is 11.9 Å². The SMILES string of the molecule is CC(C#N)CNc1cn[nH]c(=O)c1Cl. The van der Waals surface area contributed by atoms with Crippen LogP contribution in [0.1, 0.15) is 6.92 Å². The lowest BCUT2D eigenvalue weighted by atomic mass is 10.2. The Morgan fingerprint density at radius 3 is 3.21 bits per heavy atom. The Hall–Kier alpha value is -1.54. The van der Waals surface area contributed by atoms with Crippen LogP contribution in [0.2, 0.25) is 5.02 Å². The summed E-state index contributed by atoms with van der Waals surface area (Å²) in [6.45, 7) is 2.20. The summed E-state index contributed by atoms with van der Waals surface area (Å²) in [6.07, 6.45) is 1.41. The fourth-order valence-corrected chi connectivity index (χ4v) is 0.973. The lowest BCUT2D eigenvalue weighted by Gasteiger charge is -2.07. The van der Waals surface area contributed by atoms with Crippen molar-refractivity contribution in [3.05, 3.63) is 21.6 Å². The summed E-state index contributed by atoms with van der Waals surface area (Å²) in [6, 6.07) is 2.06. The summed E-state index contributed by atoms with van der Waals surface area (Å²) >= 11 is 5.69. The molecule has 1 atom stereocenters. The molecule has 0 aromatic carbocycles. The molecule has 6 heteroatoms. The van der Waals surface area contributed by atoms with E-state index in [4.69, 9.17) is 16.9 Å². The zero-order valence-electron chi connectivity index (χ0n) is 7.54. The highest BCUT2D eigenvalue weighted by atomic mass is 35.5. The molecule has 5 nitrogen and oxygen atoms in total. The number of nitrogens with zero attached hydrogens (tertiary/aromatic N) is 2. The Kier molecular flexibility index (Phi) is 3.48. The van der Waals surface area contributed by atoms with Crippen LogP contribution in [-0.2, 0) is 0 Å². The van der Waals surface area contributed by atoms with Gasteiger partial charge in [-0.3, -0.25) is 4.79 Å². The Balaban J connectivity index is 2.74. The largest absolute Gasteiger partial charge is 0.381 e.